The molecule has 3 heterocycles. The first kappa shape index (κ1) is 20.6. The number of fused-ring (bicyclic) bond motifs is 3. The van der Waals surface area contributed by atoms with Gasteiger partial charge in [-0.15, -0.1) is 0 Å². The minimum Gasteiger partial charge on any atom is -0.312 e. The average molecular weight is 450 g/mol. The molecule has 2 aromatic heterocycles. The third-order valence-corrected chi connectivity index (χ3v) is 6.53. The molecule has 8 heteroatoms. The van der Waals surface area contributed by atoms with Gasteiger partial charge in [0.15, 0.2) is 11.2 Å². The van der Waals surface area contributed by atoms with Gasteiger partial charge in [-0.3, -0.25) is 13.9 Å². The van der Waals surface area contributed by atoms with Gasteiger partial charge < -0.3 is 9.47 Å². The van der Waals surface area contributed by atoms with Gasteiger partial charge in [-0.1, -0.05) is 29.8 Å². The summed E-state index contributed by atoms with van der Waals surface area (Å²) in [5.74, 6) is 0.700. The van der Waals surface area contributed by atoms with Gasteiger partial charge in [0.05, 0.1) is 6.54 Å². The summed E-state index contributed by atoms with van der Waals surface area (Å²) in [7, 11) is 1.67. The maximum absolute atomic E-state index is 13.5. The van der Waals surface area contributed by atoms with E-state index in [1.54, 1.807) is 19.2 Å². The molecule has 0 fully saturated rings. The van der Waals surface area contributed by atoms with E-state index in [-0.39, 0.29) is 17.8 Å². The fraction of sp³-hybridized carbons (Fsp3) is 0.292. The van der Waals surface area contributed by atoms with Gasteiger partial charge in [0, 0.05) is 30.8 Å². The standard InChI is InChI=1S/C24H24ClN5O2/c1-15-5-10-19(13-16(15)2)28-11-4-12-29-20-21(26-23(28)29)27(3)24(32)30(22(20)31)14-17-6-8-18(25)9-7-17/h5-10,13H,4,11-12,14H2,1-3H3. The van der Waals surface area contributed by atoms with Crippen LogP contribution in [0.1, 0.15) is 23.1 Å². The van der Waals surface area contributed by atoms with Crippen molar-refractivity contribution in [2.75, 3.05) is 11.4 Å². The number of rotatable bonds is 3. The van der Waals surface area contributed by atoms with Crippen LogP contribution in [0.25, 0.3) is 11.2 Å². The number of aryl methyl sites for hydroxylation is 4. The number of hydrogen-bond donors (Lipinski definition) is 0. The van der Waals surface area contributed by atoms with Gasteiger partial charge in [-0.25, -0.2) is 4.79 Å². The molecular weight excluding hydrogens is 426 g/mol. The average Bonchev–Trinajstić information content (AvgIpc) is 3.18. The predicted octanol–water partition coefficient (Wildman–Crippen LogP) is 3.76. The highest BCUT2D eigenvalue weighted by Gasteiger charge is 2.27. The van der Waals surface area contributed by atoms with Crippen LogP contribution in [0.5, 0.6) is 0 Å². The van der Waals surface area contributed by atoms with Gasteiger partial charge in [-0.05, 0) is 61.2 Å². The van der Waals surface area contributed by atoms with Crippen molar-refractivity contribution in [3.8, 4) is 0 Å². The zero-order valence-corrected chi connectivity index (χ0v) is 19.1. The Kier molecular flexibility index (Phi) is 4.93. The van der Waals surface area contributed by atoms with Crippen molar-refractivity contribution in [2.45, 2.75) is 33.4 Å². The molecule has 164 valence electrons. The minimum atomic E-state index is -0.384. The Bertz CT molecular complexity index is 1460. The number of aromatic nitrogens is 4. The molecule has 0 saturated carbocycles. The molecule has 7 nitrogen and oxygen atoms in total. The van der Waals surface area contributed by atoms with Crippen molar-refractivity contribution in [1.82, 2.24) is 18.7 Å². The molecule has 0 atom stereocenters. The first-order valence-electron chi connectivity index (χ1n) is 10.6. The quantitative estimate of drug-likeness (QED) is 0.477. The third kappa shape index (κ3) is 3.24. The topological polar surface area (TPSA) is 65.1 Å². The van der Waals surface area contributed by atoms with Crippen LogP contribution in [0.3, 0.4) is 0 Å². The lowest BCUT2D eigenvalue weighted by atomic mass is 10.1. The van der Waals surface area contributed by atoms with Crippen LogP contribution in [0.15, 0.2) is 52.1 Å². The van der Waals surface area contributed by atoms with E-state index in [0.29, 0.717) is 28.7 Å². The zero-order chi connectivity index (χ0) is 22.6. The summed E-state index contributed by atoms with van der Waals surface area (Å²) < 4.78 is 4.69. The first-order chi connectivity index (χ1) is 15.3. The highest BCUT2D eigenvalue weighted by Crippen LogP contribution is 2.31. The molecule has 0 N–H and O–H groups in total. The maximum Gasteiger partial charge on any atom is 0.332 e. The fourth-order valence-electron chi connectivity index (χ4n) is 4.31. The lowest BCUT2D eigenvalue weighted by Crippen LogP contribution is -2.40. The number of imidazole rings is 1. The van der Waals surface area contributed by atoms with Crippen molar-refractivity contribution in [3.05, 3.63) is 85.0 Å². The molecule has 32 heavy (non-hydrogen) atoms. The Morgan fingerprint density at radius 1 is 1.00 bits per heavy atom. The zero-order valence-electron chi connectivity index (χ0n) is 18.3. The lowest BCUT2D eigenvalue weighted by molar-refractivity contribution is 0.597. The van der Waals surface area contributed by atoms with Gasteiger partial charge in [0.1, 0.15) is 0 Å². The normalized spacial score (nSPS) is 13.6. The van der Waals surface area contributed by atoms with Gasteiger partial charge in [-0.2, -0.15) is 4.98 Å². The smallest absolute Gasteiger partial charge is 0.312 e. The van der Waals surface area contributed by atoms with Crippen LogP contribution in [0.4, 0.5) is 11.6 Å². The molecule has 0 saturated heterocycles. The highest BCUT2D eigenvalue weighted by molar-refractivity contribution is 6.30. The van der Waals surface area contributed by atoms with E-state index >= 15 is 0 Å². The Morgan fingerprint density at radius 2 is 1.75 bits per heavy atom. The Balaban J connectivity index is 1.68. The summed E-state index contributed by atoms with van der Waals surface area (Å²) in [5, 5.41) is 0.612. The van der Waals surface area contributed by atoms with Crippen LogP contribution < -0.4 is 16.1 Å². The van der Waals surface area contributed by atoms with Crippen molar-refractivity contribution >= 4 is 34.4 Å². The largest absolute Gasteiger partial charge is 0.332 e. The molecule has 2 aromatic carbocycles. The summed E-state index contributed by atoms with van der Waals surface area (Å²) in [6.45, 7) is 5.84. The number of nitrogens with zero attached hydrogens (tertiary/aromatic N) is 5. The van der Waals surface area contributed by atoms with Gasteiger partial charge >= 0.3 is 5.69 Å². The summed E-state index contributed by atoms with van der Waals surface area (Å²) >= 11 is 5.98. The maximum atomic E-state index is 13.5. The number of halogens is 1. The molecule has 0 aliphatic carbocycles. The summed E-state index contributed by atoms with van der Waals surface area (Å²) in [5.41, 5.74) is 4.48. The number of hydrogen-bond acceptors (Lipinski definition) is 4. The van der Waals surface area contributed by atoms with E-state index in [1.165, 1.54) is 20.3 Å². The second-order valence-corrected chi connectivity index (χ2v) is 8.81. The molecule has 5 rings (SSSR count). The van der Waals surface area contributed by atoms with Gasteiger partial charge in [0.2, 0.25) is 5.95 Å². The van der Waals surface area contributed by atoms with E-state index in [1.807, 2.05) is 16.7 Å². The van der Waals surface area contributed by atoms with E-state index in [2.05, 4.69) is 36.9 Å². The monoisotopic (exact) mass is 449 g/mol. The first-order valence-corrected chi connectivity index (χ1v) is 11.0. The molecule has 1 aliphatic rings. The molecule has 0 radical (unpaired) electrons. The third-order valence-electron chi connectivity index (χ3n) is 6.27. The van der Waals surface area contributed by atoms with Crippen LogP contribution in [-0.4, -0.2) is 25.2 Å². The summed E-state index contributed by atoms with van der Waals surface area (Å²) in [4.78, 5) is 33.4. The second kappa shape index (κ2) is 7.67. The molecule has 0 amide bonds. The number of benzene rings is 2. The SMILES string of the molecule is Cc1ccc(N2CCCn3c2nc2c3c(=O)n(Cc3ccc(Cl)cc3)c(=O)n2C)cc1C. The Morgan fingerprint density at radius 3 is 2.47 bits per heavy atom. The van der Waals surface area contributed by atoms with Crippen molar-refractivity contribution in [3.63, 3.8) is 0 Å². The van der Waals surface area contributed by atoms with E-state index < -0.39 is 0 Å². The molecule has 0 unspecified atom stereocenters. The highest BCUT2D eigenvalue weighted by atomic mass is 35.5. The van der Waals surface area contributed by atoms with Crippen LogP contribution >= 0.6 is 11.6 Å². The predicted molar refractivity (Wildman–Crippen MR) is 127 cm³/mol. The van der Waals surface area contributed by atoms with E-state index in [9.17, 15) is 9.59 Å². The van der Waals surface area contributed by atoms with E-state index in [4.69, 9.17) is 16.6 Å². The Labute approximate surface area is 190 Å². The lowest BCUT2D eigenvalue weighted by Gasteiger charge is -2.29. The van der Waals surface area contributed by atoms with Crippen LogP contribution in [0, 0.1) is 13.8 Å². The fourth-order valence-corrected chi connectivity index (χ4v) is 4.44. The Hall–Kier alpha value is -3.32. The molecule has 4 aromatic rings. The summed E-state index contributed by atoms with van der Waals surface area (Å²) in [6, 6.07) is 13.5. The molecule has 0 bridgehead atoms. The van der Waals surface area contributed by atoms with Gasteiger partial charge in [0.25, 0.3) is 5.56 Å². The van der Waals surface area contributed by atoms with Crippen molar-refractivity contribution < 1.29 is 0 Å². The van der Waals surface area contributed by atoms with Crippen molar-refractivity contribution in [2.24, 2.45) is 7.05 Å². The second-order valence-electron chi connectivity index (χ2n) is 8.37. The molecule has 1 aliphatic heterocycles. The molecule has 0 spiro atoms. The van der Waals surface area contributed by atoms with Crippen molar-refractivity contribution in [1.29, 1.82) is 0 Å². The van der Waals surface area contributed by atoms with Crippen LogP contribution in [-0.2, 0) is 20.1 Å². The molecular formula is C24H24ClN5O2. The van der Waals surface area contributed by atoms with Crippen LogP contribution in [0.2, 0.25) is 5.02 Å². The minimum absolute atomic E-state index is 0.181. The number of anilines is 2. The summed E-state index contributed by atoms with van der Waals surface area (Å²) in [6.07, 6.45) is 0.880. The van der Waals surface area contributed by atoms with E-state index in [0.717, 1.165) is 24.2 Å².